The average Bonchev–Trinajstić information content (AvgIpc) is 3.05. The fraction of sp³-hybridized carbons (Fsp3) is 0.267. The Morgan fingerprint density at radius 3 is 2.92 bits per heavy atom. The Balaban J connectivity index is 1.78. The number of hydrogen-bond acceptors (Lipinski definition) is 8. The minimum atomic E-state index is -0.408. The fourth-order valence-corrected chi connectivity index (χ4v) is 2.83. The van der Waals surface area contributed by atoms with Crippen LogP contribution in [-0.4, -0.2) is 40.6 Å². The number of rotatable bonds is 5. The molecule has 3 aromatic rings. The second-order valence-corrected chi connectivity index (χ2v) is 6.32. The number of para-hydroxylation sites is 1. The zero-order valence-electron chi connectivity index (χ0n) is 13.9. The van der Waals surface area contributed by atoms with E-state index in [1.165, 1.54) is 15.6 Å². The standard InChI is InChI=1S/C15H16N6O3S/c1-19(2)21-8-13(24-18-21)17-12(22)9-25-15-16-11-7-5-4-6-10(11)14(23)20(15)3/h4-8H,9H2,1-3H3. The summed E-state index contributed by atoms with van der Waals surface area (Å²) in [5, 5.41) is 18.4. The molecule has 0 aliphatic rings. The summed E-state index contributed by atoms with van der Waals surface area (Å²) < 4.78 is 6.38. The predicted molar refractivity (Wildman–Crippen MR) is 91.6 cm³/mol. The smallest absolute Gasteiger partial charge is 0.324 e. The summed E-state index contributed by atoms with van der Waals surface area (Å²) in [7, 11) is 5.17. The summed E-state index contributed by atoms with van der Waals surface area (Å²) in [4.78, 5) is 22.0. The van der Waals surface area contributed by atoms with Gasteiger partial charge in [0, 0.05) is 12.8 Å². The van der Waals surface area contributed by atoms with Crippen molar-refractivity contribution in [2.45, 2.75) is 5.16 Å². The van der Waals surface area contributed by atoms with Crippen LogP contribution >= 0.6 is 11.8 Å². The van der Waals surface area contributed by atoms with Gasteiger partial charge in [-0.2, -0.15) is 5.01 Å². The monoisotopic (exact) mass is 360 g/mol. The van der Waals surface area contributed by atoms with E-state index in [2.05, 4.69) is 15.2 Å². The molecule has 0 spiro atoms. The molecule has 2 aromatic heterocycles. The Morgan fingerprint density at radius 1 is 1.44 bits per heavy atom. The minimum absolute atomic E-state index is 0.0291. The second-order valence-electron chi connectivity index (χ2n) is 5.38. The highest BCUT2D eigenvalue weighted by molar-refractivity contribution is 7.99. The lowest BCUT2D eigenvalue weighted by Crippen LogP contribution is -2.53. The van der Waals surface area contributed by atoms with Crippen molar-refractivity contribution in [3.05, 3.63) is 40.8 Å². The molecular formula is C15H16N6O3S. The van der Waals surface area contributed by atoms with E-state index in [4.69, 9.17) is 4.52 Å². The molecule has 0 aliphatic heterocycles. The van der Waals surface area contributed by atoms with Crippen molar-refractivity contribution in [2.24, 2.45) is 12.0 Å². The summed E-state index contributed by atoms with van der Waals surface area (Å²) in [6.45, 7) is 0. The topological polar surface area (TPSA) is 103 Å². The molecule has 9 nitrogen and oxygen atoms in total. The van der Waals surface area contributed by atoms with Gasteiger partial charge in [0.15, 0.2) is 5.16 Å². The predicted octanol–water partition coefficient (Wildman–Crippen LogP) is -0.411. The third-order valence-electron chi connectivity index (χ3n) is 3.36. The number of fused-ring (bicyclic) bond motifs is 1. The Hall–Kier alpha value is -2.88. The molecule has 0 bridgehead atoms. The van der Waals surface area contributed by atoms with Gasteiger partial charge in [-0.15, -0.1) is 0 Å². The van der Waals surface area contributed by atoms with E-state index < -0.39 is 5.90 Å². The Labute approximate surface area is 147 Å². The fourth-order valence-electron chi connectivity index (χ4n) is 2.08. The molecule has 0 saturated carbocycles. The molecule has 0 radical (unpaired) electrons. The van der Waals surface area contributed by atoms with Crippen molar-refractivity contribution in [2.75, 3.05) is 24.9 Å². The molecule has 0 atom stereocenters. The van der Waals surface area contributed by atoms with E-state index in [9.17, 15) is 9.90 Å². The molecule has 0 amide bonds. The van der Waals surface area contributed by atoms with Gasteiger partial charge in [-0.25, -0.2) is 9.98 Å². The van der Waals surface area contributed by atoms with Crippen LogP contribution in [0, 0.1) is 0 Å². The van der Waals surface area contributed by atoms with Crippen LogP contribution in [0.3, 0.4) is 0 Å². The van der Waals surface area contributed by atoms with Gasteiger partial charge in [-0.1, -0.05) is 23.9 Å². The van der Waals surface area contributed by atoms with Crippen molar-refractivity contribution in [3.63, 3.8) is 0 Å². The summed E-state index contributed by atoms with van der Waals surface area (Å²) in [6, 6.07) is 7.09. The van der Waals surface area contributed by atoms with Gasteiger partial charge in [-0.3, -0.25) is 13.9 Å². The Morgan fingerprint density at radius 2 is 2.20 bits per heavy atom. The first-order valence-electron chi connectivity index (χ1n) is 7.35. The second kappa shape index (κ2) is 6.93. The average molecular weight is 360 g/mol. The van der Waals surface area contributed by atoms with E-state index >= 15 is 0 Å². The van der Waals surface area contributed by atoms with Crippen LogP contribution in [0.2, 0.25) is 0 Å². The summed E-state index contributed by atoms with van der Waals surface area (Å²) in [5.74, 6) is -0.268. The molecule has 10 heteroatoms. The van der Waals surface area contributed by atoms with Gasteiger partial charge in [0.2, 0.25) is 5.27 Å². The number of benzene rings is 1. The zero-order valence-corrected chi connectivity index (χ0v) is 14.7. The highest BCUT2D eigenvalue weighted by Crippen LogP contribution is 2.17. The lowest BCUT2D eigenvalue weighted by molar-refractivity contribution is -0.753. The first-order chi connectivity index (χ1) is 12.0. The molecular weight excluding hydrogens is 344 g/mol. The number of aliphatic imine (C=N–C) groups is 1. The molecule has 3 rings (SSSR count). The lowest BCUT2D eigenvalue weighted by atomic mass is 10.2. The van der Waals surface area contributed by atoms with Crippen LogP contribution in [0.5, 0.6) is 0 Å². The van der Waals surface area contributed by atoms with Gasteiger partial charge in [0.1, 0.15) is 0 Å². The normalized spacial score (nSPS) is 11.9. The molecule has 25 heavy (non-hydrogen) atoms. The lowest BCUT2D eigenvalue weighted by Gasteiger charge is -2.11. The molecule has 1 aromatic carbocycles. The van der Waals surface area contributed by atoms with Crippen molar-refractivity contribution in [3.8, 4) is 0 Å². The summed E-state index contributed by atoms with van der Waals surface area (Å²) in [6.07, 6.45) is 1.49. The highest BCUT2D eigenvalue weighted by Gasteiger charge is 2.12. The van der Waals surface area contributed by atoms with Gasteiger partial charge in [0.05, 0.1) is 29.8 Å². The summed E-state index contributed by atoms with van der Waals surface area (Å²) in [5.41, 5.74) is 0.444. The number of thioether (sulfide) groups is 1. The molecule has 0 fully saturated rings. The molecule has 0 saturated heterocycles. The Bertz CT molecular complexity index is 994. The highest BCUT2D eigenvalue weighted by atomic mass is 32.2. The van der Waals surface area contributed by atoms with E-state index in [0.29, 0.717) is 16.1 Å². The van der Waals surface area contributed by atoms with Crippen LogP contribution in [0.4, 0.5) is 5.88 Å². The molecule has 0 unspecified atom stereocenters. The maximum Gasteiger partial charge on any atom is 0.324 e. The molecule has 0 N–H and O–H groups in total. The number of nitrogens with zero attached hydrogens (tertiary/aromatic N) is 6. The quantitative estimate of drug-likeness (QED) is 0.200. The van der Waals surface area contributed by atoms with E-state index in [1.807, 2.05) is 6.07 Å². The van der Waals surface area contributed by atoms with Gasteiger partial charge >= 0.3 is 5.88 Å². The van der Waals surface area contributed by atoms with Crippen molar-refractivity contribution >= 4 is 34.4 Å². The third kappa shape index (κ3) is 3.63. The Kier molecular flexibility index (Phi) is 4.70. The maximum absolute atomic E-state index is 12.3. The van der Waals surface area contributed by atoms with Crippen molar-refractivity contribution in [1.82, 2.24) is 14.8 Å². The third-order valence-corrected chi connectivity index (χ3v) is 4.37. The van der Waals surface area contributed by atoms with Crippen LogP contribution in [0.1, 0.15) is 0 Å². The SMILES string of the molecule is CN(C)[n+]1cc(/N=C(/[O-])CSc2nc3ccccc3c(=O)n2C)on1. The maximum atomic E-state index is 12.3. The first-order valence-corrected chi connectivity index (χ1v) is 8.33. The zero-order chi connectivity index (χ0) is 18.0. The first kappa shape index (κ1) is 17.0. The van der Waals surface area contributed by atoms with Crippen LogP contribution in [-0.2, 0) is 7.05 Å². The van der Waals surface area contributed by atoms with E-state index in [-0.39, 0.29) is 17.2 Å². The van der Waals surface area contributed by atoms with Crippen molar-refractivity contribution < 1.29 is 14.4 Å². The largest absolute Gasteiger partial charge is 0.861 e. The number of aromatic nitrogens is 4. The number of hydrogen-bond donors (Lipinski definition) is 0. The van der Waals surface area contributed by atoms with Gasteiger partial charge < -0.3 is 5.11 Å². The summed E-state index contributed by atoms with van der Waals surface area (Å²) >= 11 is 1.15. The molecule has 0 aliphatic carbocycles. The van der Waals surface area contributed by atoms with Gasteiger partial charge in [-0.05, 0) is 18.0 Å². The van der Waals surface area contributed by atoms with E-state index in [0.717, 1.165) is 11.8 Å². The van der Waals surface area contributed by atoms with Crippen LogP contribution < -0.4 is 20.5 Å². The van der Waals surface area contributed by atoms with Gasteiger partial charge in [0.25, 0.3) is 11.8 Å². The minimum Gasteiger partial charge on any atom is -0.861 e. The molecule has 130 valence electrons. The molecule has 2 heterocycles. The van der Waals surface area contributed by atoms with Crippen LogP contribution in [0.25, 0.3) is 10.9 Å². The van der Waals surface area contributed by atoms with Crippen LogP contribution in [0.15, 0.2) is 49.9 Å². The van der Waals surface area contributed by atoms with Crippen molar-refractivity contribution in [1.29, 1.82) is 0 Å². The van der Waals surface area contributed by atoms with E-state index in [1.54, 1.807) is 44.4 Å².